The number of rotatable bonds is 2. The van der Waals surface area contributed by atoms with E-state index in [9.17, 15) is 4.79 Å². The minimum atomic E-state index is 0. The zero-order valence-corrected chi connectivity index (χ0v) is 11.5. The van der Waals surface area contributed by atoms with Crippen molar-refractivity contribution in [2.45, 2.75) is 13.3 Å². The van der Waals surface area contributed by atoms with Gasteiger partial charge in [0.15, 0.2) is 5.78 Å². The van der Waals surface area contributed by atoms with E-state index >= 15 is 0 Å². The van der Waals surface area contributed by atoms with E-state index in [0.717, 1.165) is 4.88 Å². The molecule has 0 saturated heterocycles. The van der Waals surface area contributed by atoms with Gasteiger partial charge >= 0.3 is 0 Å². The molecule has 1 aromatic rings. The van der Waals surface area contributed by atoms with Crippen molar-refractivity contribution in [3.63, 3.8) is 0 Å². The fourth-order valence-corrected chi connectivity index (χ4v) is 1.35. The molecule has 64 valence electrons. The van der Waals surface area contributed by atoms with E-state index in [0.29, 0.717) is 6.42 Å². The first kappa shape index (κ1) is 14.4. The van der Waals surface area contributed by atoms with Crippen LogP contribution < -0.4 is 0 Å². The van der Waals surface area contributed by atoms with E-state index in [1.807, 2.05) is 24.4 Å². The van der Waals surface area contributed by atoms with Crippen molar-refractivity contribution in [3.8, 4) is 0 Å². The molecule has 0 N–H and O–H groups in total. The van der Waals surface area contributed by atoms with Gasteiger partial charge in [-0.3, -0.25) is 4.79 Å². The molecule has 1 aromatic heterocycles. The summed E-state index contributed by atoms with van der Waals surface area (Å²) in [6.45, 7) is 1.88. The molecule has 0 aliphatic rings. The molecule has 0 spiro atoms. The number of thiophene rings is 1. The van der Waals surface area contributed by atoms with Crippen molar-refractivity contribution in [3.05, 3.63) is 22.4 Å². The maximum atomic E-state index is 10.9. The van der Waals surface area contributed by atoms with Gasteiger partial charge < -0.3 is 0 Å². The van der Waals surface area contributed by atoms with Gasteiger partial charge in [0.1, 0.15) is 0 Å². The van der Waals surface area contributed by atoms with E-state index in [-0.39, 0.29) is 53.7 Å². The highest BCUT2D eigenvalue weighted by Crippen LogP contribution is 2.10. The zero-order valence-electron chi connectivity index (χ0n) is 6.07. The Morgan fingerprint density at radius 2 is 2.18 bits per heavy atom. The molecule has 0 fully saturated rings. The van der Waals surface area contributed by atoms with Gasteiger partial charge in [-0.2, -0.15) is 0 Å². The van der Waals surface area contributed by atoms with Gasteiger partial charge in [0, 0.05) is 6.42 Å². The van der Waals surface area contributed by atoms with Gasteiger partial charge in [-0.25, -0.2) is 0 Å². The van der Waals surface area contributed by atoms with E-state index in [2.05, 4.69) is 0 Å². The monoisotopic (exact) mass is 396 g/mol. The van der Waals surface area contributed by atoms with Crippen molar-refractivity contribution >= 4 is 65.1 Å². The first-order valence-corrected chi connectivity index (χ1v) is 3.79. The van der Waals surface area contributed by atoms with Crippen LogP contribution in [-0.4, -0.2) is 5.78 Å². The number of Topliss-reactive ketones (excluding diaryl/α,β-unsaturated/α-hetero) is 1. The molecule has 0 atom stereocenters. The summed E-state index contributed by atoms with van der Waals surface area (Å²) in [4.78, 5) is 11.8. The smallest absolute Gasteiger partial charge is 0.172 e. The Labute approximate surface area is 105 Å². The third kappa shape index (κ3) is 4.41. The number of ketones is 1. The normalized spacial score (nSPS) is 7.73. The molecule has 4 heteroatoms. The molecular formula is C7H10I2OS. The third-order valence-corrected chi connectivity index (χ3v) is 2.03. The largest absolute Gasteiger partial charge is 0.293 e. The maximum absolute atomic E-state index is 10.9. The molecule has 0 radical (unpaired) electrons. The first-order chi connectivity index (χ1) is 4.34. The highest BCUT2D eigenvalue weighted by molar-refractivity contribution is 14.0. The Bertz CT molecular complexity index is 196. The predicted molar refractivity (Wildman–Crippen MR) is 69.8 cm³/mol. The number of carbonyl (C=O) groups is 1. The van der Waals surface area contributed by atoms with Gasteiger partial charge in [-0.15, -0.1) is 59.3 Å². The van der Waals surface area contributed by atoms with Crippen molar-refractivity contribution in [2.24, 2.45) is 0 Å². The second-order valence-corrected chi connectivity index (χ2v) is 2.70. The van der Waals surface area contributed by atoms with Gasteiger partial charge in [0.05, 0.1) is 4.88 Å². The molecule has 0 aliphatic heterocycles. The topological polar surface area (TPSA) is 17.1 Å². The zero-order chi connectivity index (χ0) is 6.69. The number of hydrogen-bond acceptors (Lipinski definition) is 2. The molecule has 1 heterocycles. The molecule has 0 aliphatic carbocycles. The van der Waals surface area contributed by atoms with Crippen LogP contribution in [0, 0.1) is 0 Å². The van der Waals surface area contributed by atoms with Crippen molar-refractivity contribution in [1.82, 2.24) is 0 Å². The Balaban J connectivity index is 0. The van der Waals surface area contributed by atoms with Crippen LogP contribution in [0.15, 0.2) is 17.5 Å². The molecule has 11 heavy (non-hydrogen) atoms. The SMILES string of the molecule is CCC(=O)c1cccs1.I.I. The van der Waals surface area contributed by atoms with Crippen LogP contribution in [0.4, 0.5) is 0 Å². The van der Waals surface area contributed by atoms with Gasteiger partial charge in [0.25, 0.3) is 0 Å². The summed E-state index contributed by atoms with van der Waals surface area (Å²) in [6.07, 6.45) is 0.612. The summed E-state index contributed by atoms with van der Waals surface area (Å²) in [5.41, 5.74) is 0. The van der Waals surface area contributed by atoms with Gasteiger partial charge in [0.2, 0.25) is 0 Å². The Morgan fingerprint density at radius 3 is 2.55 bits per heavy atom. The van der Waals surface area contributed by atoms with E-state index in [1.165, 1.54) is 11.3 Å². The van der Waals surface area contributed by atoms with Gasteiger partial charge in [-0.05, 0) is 11.4 Å². The standard InChI is InChI=1S/C7H8OS.2HI/c1-2-6(8)7-4-3-5-9-7;;/h3-5H,2H2,1H3;2*1H. The fraction of sp³-hybridized carbons (Fsp3) is 0.286. The third-order valence-electron chi connectivity index (χ3n) is 1.12. The number of halogens is 2. The molecule has 1 rings (SSSR count). The lowest BCUT2D eigenvalue weighted by Crippen LogP contribution is -1.90. The van der Waals surface area contributed by atoms with Crippen molar-refractivity contribution in [1.29, 1.82) is 0 Å². The molecule has 0 saturated carbocycles. The second kappa shape index (κ2) is 7.48. The summed E-state index contributed by atoms with van der Waals surface area (Å²) < 4.78 is 0. The van der Waals surface area contributed by atoms with Crippen LogP contribution in [0.3, 0.4) is 0 Å². The molecule has 0 bridgehead atoms. The van der Waals surface area contributed by atoms with E-state index < -0.39 is 0 Å². The quantitative estimate of drug-likeness (QED) is 0.552. The second-order valence-electron chi connectivity index (χ2n) is 1.75. The summed E-state index contributed by atoms with van der Waals surface area (Å²) in [7, 11) is 0. The summed E-state index contributed by atoms with van der Waals surface area (Å²) in [5.74, 6) is 0.241. The Hall–Kier alpha value is 0.830. The molecule has 0 unspecified atom stereocenters. The van der Waals surface area contributed by atoms with Crippen molar-refractivity contribution in [2.75, 3.05) is 0 Å². The van der Waals surface area contributed by atoms with Crippen LogP contribution >= 0.6 is 59.3 Å². The van der Waals surface area contributed by atoms with Crippen LogP contribution in [0.1, 0.15) is 23.0 Å². The maximum Gasteiger partial charge on any atom is 0.172 e. The van der Waals surface area contributed by atoms with Crippen LogP contribution in [0.2, 0.25) is 0 Å². The summed E-state index contributed by atoms with van der Waals surface area (Å²) in [6, 6.07) is 3.75. The predicted octanol–water partition coefficient (Wildman–Crippen LogP) is 3.58. The number of carbonyl (C=O) groups excluding carboxylic acids is 1. The highest BCUT2D eigenvalue weighted by Gasteiger charge is 2.00. The molecule has 0 amide bonds. The minimum absolute atomic E-state index is 0. The molecule has 0 aromatic carbocycles. The highest BCUT2D eigenvalue weighted by atomic mass is 127. The summed E-state index contributed by atoms with van der Waals surface area (Å²) >= 11 is 1.51. The van der Waals surface area contributed by atoms with Crippen LogP contribution in [0.5, 0.6) is 0 Å². The molecular weight excluding hydrogens is 386 g/mol. The minimum Gasteiger partial charge on any atom is -0.293 e. The van der Waals surface area contributed by atoms with E-state index in [1.54, 1.807) is 0 Å². The molecule has 1 nitrogen and oxygen atoms in total. The van der Waals surface area contributed by atoms with Crippen LogP contribution in [-0.2, 0) is 0 Å². The van der Waals surface area contributed by atoms with E-state index in [4.69, 9.17) is 0 Å². The average molecular weight is 396 g/mol. The van der Waals surface area contributed by atoms with Crippen molar-refractivity contribution < 1.29 is 4.79 Å². The summed E-state index contributed by atoms with van der Waals surface area (Å²) in [5, 5.41) is 1.92. The first-order valence-electron chi connectivity index (χ1n) is 2.91. The van der Waals surface area contributed by atoms with Crippen LogP contribution in [0.25, 0.3) is 0 Å². The average Bonchev–Trinajstić information content (AvgIpc) is 2.37. The lowest BCUT2D eigenvalue weighted by molar-refractivity contribution is 0.0992. The fourth-order valence-electron chi connectivity index (χ4n) is 0.611. The Morgan fingerprint density at radius 1 is 1.55 bits per heavy atom. The van der Waals surface area contributed by atoms with Gasteiger partial charge in [-0.1, -0.05) is 13.0 Å². The number of hydrogen-bond donors (Lipinski definition) is 0. The lowest BCUT2D eigenvalue weighted by atomic mass is 10.3. The Kier molecular flexibility index (Phi) is 9.76. The lowest BCUT2D eigenvalue weighted by Gasteiger charge is -1.86.